The van der Waals surface area contributed by atoms with E-state index in [1.165, 1.54) is 16.7 Å². The molecule has 0 atom stereocenters. The number of hydrogen-bond acceptors (Lipinski definition) is 0. The number of allylic oxidation sites excluding steroid dienone is 4. The second kappa shape index (κ2) is 3.64. The standard InChI is InChI=1S/C10H15Cl.Rh/c1-6-7(2)9(11)10(4,5)8(6)3;/h1-5H3;. The fourth-order valence-corrected chi connectivity index (χ4v) is 1.83. The zero-order valence-electron chi connectivity index (χ0n) is 8.21. The van der Waals surface area contributed by atoms with Gasteiger partial charge >= 0.3 is 0 Å². The van der Waals surface area contributed by atoms with Crippen molar-refractivity contribution < 1.29 is 19.5 Å². The van der Waals surface area contributed by atoms with E-state index < -0.39 is 0 Å². The second-order valence-electron chi connectivity index (χ2n) is 3.81. The van der Waals surface area contributed by atoms with Gasteiger partial charge in [-0.05, 0) is 31.9 Å². The molecule has 0 N–H and O–H groups in total. The number of halogens is 1. The fraction of sp³-hybridized carbons (Fsp3) is 0.600. The van der Waals surface area contributed by atoms with Crippen LogP contribution in [0.2, 0.25) is 0 Å². The van der Waals surface area contributed by atoms with Crippen molar-refractivity contribution in [3.05, 3.63) is 21.8 Å². The first kappa shape index (κ1) is 12.4. The van der Waals surface area contributed by atoms with Crippen molar-refractivity contribution >= 4 is 11.6 Å². The van der Waals surface area contributed by atoms with Gasteiger partial charge < -0.3 is 0 Å². The van der Waals surface area contributed by atoms with Crippen LogP contribution < -0.4 is 0 Å². The van der Waals surface area contributed by atoms with Gasteiger partial charge in [0.05, 0.1) is 0 Å². The minimum atomic E-state index is 0. The summed E-state index contributed by atoms with van der Waals surface area (Å²) in [4.78, 5) is 0. The summed E-state index contributed by atoms with van der Waals surface area (Å²) in [5.41, 5.74) is 4.10. The molecule has 12 heavy (non-hydrogen) atoms. The molecule has 0 saturated carbocycles. The molecule has 0 aliphatic heterocycles. The van der Waals surface area contributed by atoms with Crippen molar-refractivity contribution in [3.63, 3.8) is 0 Å². The summed E-state index contributed by atoms with van der Waals surface area (Å²) >= 11 is 6.18. The van der Waals surface area contributed by atoms with Gasteiger partial charge in [-0.2, -0.15) is 0 Å². The van der Waals surface area contributed by atoms with Crippen LogP contribution in [0.3, 0.4) is 0 Å². The third-order valence-corrected chi connectivity index (χ3v) is 3.70. The molecule has 2 heteroatoms. The summed E-state index contributed by atoms with van der Waals surface area (Å²) < 4.78 is 0. The van der Waals surface area contributed by atoms with E-state index in [0.29, 0.717) is 0 Å². The molecular formula is C10H15ClRh. The largest absolute Gasteiger partial charge is 0.0879 e. The molecule has 0 unspecified atom stereocenters. The number of rotatable bonds is 0. The summed E-state index contributed by atoms with van der Waals surface area (Å²) in [5, 5.41) is 1.01. The number of hydrogen-bond donors (Lipinski definition) is 0. The van der Waals surface area contributed by atoms with Gasteiger partial charge in [-0.1, -0.05) is 31.0 Å². The zero-order chi connectivity index (χ0) is 8.81. The van der Waals surface area contributed by atoms with E-state index in [9.17, 15) is 0 Å². The van der Waals surface area contributed by atoms with Crippen LogP contribution in [0.5, 0.6) is 0 Å². The van der Waals surface area contributed by atoms with Crippen LogP contribution in [0.4, 0.5) is 0 Å². The van der Waals surface area contributed by atoms with Crippen molar-refractivity contribution in [1.29, 1.82) is 0 Å². The van der Waals surface area contributed by atoms with E-state index in [-0.39, 0.29) is 24.9 Å². The molecular weight excluding hydrogens is 258 g/mol. The Hall–Kier alpha value is 0.393. The minimum Gasteiger partial charge on any atom is -0.0879 e. The van der Waals surface area contributed by atoms with Gasteiger partial charge in [0, 0.05) is 29.9 Å². The van der Waals surface area contributed by atoms with Crippen LogP contribution in [0.15, 0.2) is 21.8 Å². The van der Waals surface area contributed by atoms with Gasteiger partial charge in [-0.3, -0.25) is 0 Å². The molecule has 0 saturated heterocycles. The maximum atomic E-state index is 6.18. The smallest absolute Gasteiger partial charge is 0.0309 e. The summed E-state index contributed by atoms with van der Waals surface area (Å²) in [6.07, 6.45) is 0. The summed E-state index contributed by atoms with van der Waals surface area (Å²) in [6, 6.07) is 0. The molecule has 0 aromatic carbocycles. The van der Waals surface area contributed by atoms with Crippen LogP contribution in [-0.2, 0) is 19.5 Å². The molecule has 0 aromatic rings. The molecule has 1 radical (unpaired) electrons. The van der Waals surface area contributed by atoms with Gasteiger partial charge in [-0.15, -0.1) is 0 Å². The van der Waals surface area contributed by atoms with Crippen LogP contribution >= 0.6 is 11.6 Å². The molecule has 0 amide bonds. The Morgan fingerprint density at radius 2 is 1.42 bits per heavy atom. The van der Waals surface area contributed by atoms with E-state index in [1.807, 2.05) is 0 Å². The molecule has 0 spiro atoms. The molecule has 0 bridgehead atoms. The molecule has 0 aromatic heterocycles. The first-order valence-corrected chi connectivity index (χ1v) is 4.32. The van der Waals surface area contributed by atoms with Crippen molar-refractivity contribution in [2.45, 2.75) is 34.6 Å². The summed E-state index contributed by atoms with van der Waals surface area (Å²) in [5.74, 6) is 0. The normalized spacial score (nSPS) is 21.5. The minimum absolute atomic E-state index is 0. The maximum Gasteiger partial charge on any atom is 0.0309 e. The van der Waals surface area contributed by atoms with E-state index >= 15 is 0 Å². The Bertz CT molecular complexity index is 233. The van der Waals surface area contributed by atoms with Crippen LogP contribution in [0, 0.1) is 5.41 Å². The summed E-state index contributed by atoms with van der Waals surface area (Å²) in [6.45, 7) is 10.7. The Balaban J connectivity index is 0.00000121. The van der Waals surface area contributed by atoms with Crippen molar-refractivity contribution in [1.82, 2.24) is 0 Å². The Morgan fingerprint density at radius 1 is 1.00 bits per heavy atom. The predicted octanol–water partition coefficient (Wildman–Crippen LogP) is 3.87. The maximum absolute atomic E-state index is 6.18. The summed E-state index contributed by atoms with van der Waals surface area (Å²) in [7, 11) is 0. The Morgan fingerprint density at radius 3 is 1.50 bits per heavy atom. The van der Waals surface area contributed by atoms with Gasteiger partial charge in [-0.25, -0.2) is 0 Å². The van der Waals surface area contributed by atoms with Gasteiger partial charge in [0.25, 0.3) is 0 Å². The van der Waals surface area contributed by atoms with Crippen molar-refractivity contribution in [3.8, 4) is 0 Å². The van der Waals surface area contributed by atoms with E-state index in [4.69, 9.17) is 11.6 Å². The monoisotopic (exact) mass is 273 g/mol. The van der Waals surface area contributed by atoms with E-state index in [1.54, 1.807) is 0 Å². The van der Waals surface area contributed by atoms with Crippen LogP contribution in [0.25, 0.3) is 0 Å². The molecule has 1 aliphatic rings. The fourth-order valence-electron chi connectivity index (χ4n) is 1.55. The third kappa shape index (κ3) is 1.54. The average molecular weight is 274 g/mol. The van der Waals surface area contributed by atoms with Gasteiger partial charge in [0.2, 0.25) is 0 Å². The Labute approximate surface area is 92.8 Å². The zero-order valence-corrected chi connectivity index (χ0v) is 10.6. The van der Waals surface area contributed by atoms with E-state index in [0.717, 1.165) is 5.03 Å². The van der Waals surface area contributed by atoms with Crippen LogP contribution in [0.1, 0.15) is 34.6 Å². The molecule has 1 aliphatic carbocycles. The molecule has 0 heterocycles. The third-order valence-electron chi connectivity index (χ3n) is 2.94. The predicted molar refractivity (Wildman–Crippen MR) is 50.7 cm³/mol. The second-order valence-corrected chi connectivity index (χ2v) is 4.19. The average Bonchev–Trinajstić information content (AvgIpc) is 2.06. The van der Waals surface area contributed by atoms with Gasteiger partial charge in [0.1, 0.15) is 0 Å². The quantitative estimate of drug-likeness (QED) is 0.588. The van der Waals surface area contributed by atoms with E-state index in [2.05, 4.69) is 34.6 Å². The van der Waals surface area contributed by atoms with Gasteiger partial charge in [0.15, 0.2) is 0 Å². The SMILES string of the molecule is CC1=C(C)C(C)(C)C(Cl)=C1C.[Rh]. The molecule has 71 valence electrons. The first-order valence-electron chi connectivity index (χ1n) is 3.94. The van der Waals surface area contributed by atoms with Crippen molar-refractivity contribution in [2.75, 3.05) is 0 Å². The molecule has 0 fully saturated rings. The first-order chi connectivity index (χ1) is 4.89. The van der Waals surface area contributed by atoms with Crippen LogP contribution in [-0.4, -0.2) is 0 Å². The topological polar surface area (TPSA) is 0 Å². The molecule has 1 rings (SSSR count). The van der Waals surface area contributed by atoms with Crippen molar-refractivity contribution in [2.24, 2.45) is 5.41 Å². The Kier molecular flexibility index (Phi) is 3.76. The molecule has 0 nitrogen and oxygen atoms in total.